The molecule has 1 N–H and O–H groups in total. The maximum absolute atomic E-state index is 3.51. The number of nitrogens with zero attached hydrogens (tertiary/aromatic N) is 1. The molecule has 0 bridgehead atoms. The lowest BCUT2D eigenvalue weighted by Crippen LogP contribution is -2.37. The van der Waals surface area contributed by atoms with Crippen LogP contribution in [0.5, 0.6) is 0 Å². The molecule has 1 aromatic rings. The van der Waals surface area contributed by atoms with Gasteiger partial charge in [0, 0.05) is 12.1 Å². The van der Waals surface area contributed by atoms with E-state index in [1.165, 1.54) is 36.9 Å². The van der Waals surface area contributed by atoms with Gasteiger partial charge in [0.1, 0.15) is 0 Å². The molecule has 1 aliphatic heterocycles. The summed E-state index contributed by atoms with van der Waals surface area (Å²) in [6.07, 6.45) is 5.02. The summed E-state index contributed by atoms with van der Waals surface area (Å²) in [7, 11) is 0. The van der Waals surface area contributed by atoms with Gasteiger partial charge in [-0.25, -0.2) is 0 Å². The minimum absolute atomic E-state index is 0.369. The molecule has 1 fully saturated rings. The zero-order chi connectivity index (χ0) is 14.4. The second kappa shape index (κ2) is 7.24. The van der Waals surface area contributed by atoms with Gasteiger partial charge in [0.2, 0.25) is 0 Å². The molecule has 2 heteroatoms. The average molecular weight is 274 g/mol. The van der Waals surface area contributed by atoms with Gasteiger partial charge in [-0.15, -0.1) is 0 Å². The number of hydrogen-bond acceptors (Lipinski definition) is 2. The Bertz CT molecular complexity index is 412. The maximum Gasteiger partial charge on any atom is 0.0241 e. The molecule has 1 heterocycles. The molecule has 1 saturated heterocycles. The lowest BCUT2D eigenvalue weighted by Gasteiger charge is -2.32. The van der Waals surface area contributed by atoms with Crippen molar-refractivity contribution in [2.24, 2.45) is 0 Å². The van der Waals surface area contributed by atoms with E-state index in [2.05, 4.69) is 55.3 Å². The van der Waals surface area contributed by atoms with Crippen LogP contribution in [0.3, 0.4) is 0 Å². The molecule has 0 aromatic heterocycles. The van der Waals surface area contributed by atoms with E-state index in [0.717, 1.165) is 26.1 Å². The van der Waals surface area contributed by atoms with E-state index in [1.54, 1.807) is 0 Å². The highest BCUT2D eigenvalue weighted by molar-refractivity contribution is 5.27. The van der Waals surface area contributed by atoms with Gasteiger partial charge in [0.15, 0.2) is 0 Å². The molecule has 1 aromatic carbocycles. The lowest BCUT2D eigenvalue weighted by molar-refractivity contribution is 0.166. The standard InChI is InChI=1S/C18H30N2/c1-4-12-19-13-10-16-8-5-6-9-17(16)15-20-14-7-11-18(20,2)3/h5-6,8-9,19H,4,7,10-15H2,1-3H3. The maximum atomic E-state index is 3.51. The third-order valence-corrected chi connectivity index (χ3v) is 4.55. The Hall–Kier alpha value is -0.860. The van der Waals surface area contributed by atoms with Crippen molar-refractivity contribution in [2.45, 2.75) is 58.5 Å². The normalized spacial score (nSPS) is 18.6. The quantitative estimate of drug-likeness (QED) is 0.764. The van der Waals surface area contributed by atoms with Crippen molar-refractivity contribution >= 4 is 0 Å². The molecule has 0 aliphatic carbocycles. The van der Waals surface area contributed by atoms with Gasteiger partial charge in [-0.3, -0.25) is 4.90 Å². The van der Waals surface area contributed by atoms with Crippen LogP contribution in [0.4, 0.5) is 0 Å². The molecule has 0 unspecified atom stereocenters. The van der Waals surface area contributed by atoms with Crippen LogP contribution < -0.4 is 5.32 Å². The van der Waals surface area contributed by atoms with Gasteiger partial charge < -0.3 is 5.32 Å². The second-order valence-corrected chi connectivity index (χ2v) is 6.61. The summed E-state index contributed by atoms with van der Waals surface area (Å²) in [4.78, 5) is 2.64. The predicted octanol–water partition coefficient (Wildman–Crippen LogP) is 3.60. The average Bonchev–Trinajstić information content (AvgIpc) is 2.76. The zero-order valence-electron chi connectivity index (χ0n) is 13.4. The molecule has 2 nitrogen and oxygen atoms in total. The van der Waals surface area contributed by atoms with Crippen molar-refractivity contribution in [2.75, 3.05) is 19.6 Å². The van der Waals surface area contributed by atoms with Crippen molar-refractivity contribution < 1.29 is 0 Å². The zero-order valence-corrected chi connectivity index (χ0v) is 13.4. The Morgan fingerprint density at radius 3 is 2.55 bits per heavy atom. The van der Waals surface area contributed by atoms with Gasteiger partial charge in [0.05, 0.1) is 0 Å². The number of rotatable bonds is 7. The first-order valence-corrected chi connectivity index (χ1v) is 8.16. The summed E-state index contributed by atoms with van der Waals surface area (Å²) < 4.78 is 0. The molecule has 1 aliphatic rings. The highest BCUT2D eigenvalue weighted by Crippen LogP contribution is 2.30. The third kappa shape index (κ3) is 4.07. The first kappa shape index (κ1) is 15.5. The largest absolute Gasteiger partial charge is 0.316 e. The number of hydrogen-bond donors (Lipinski definition) is 1. The van der Waals surface area contributed by atoms with E-state index in [4.69, 9.17) is 0 Å². The van der Waals surface area contributed by atoms with Crippen molar-refractivity contribution in [3.05, 3.63) is 35.4 Å². The number of benzene rings is 1. The van der Waals surface area contributed by atoms with Crippen molar-refractivity contribution in [1.82, 2.24) is 10.2 Å². The van der Waals surface area contributed by atoms with Crippen LogP contribution in [-0.2, 0) is 13.0 Å². The summed E-state index contributed by atoms with van der Waals surface area (Å²) in [5.74, 6) is 0. The van der Waals surface area contributed by atoms with Crippen LogP contribution in [0.1, 0.15) is 51.2 Å². The Kier molecular flexibility index (Phi) is 5.62. The third-order valence-electron chi connectivity index (χ3n) is 4.55. The van der Waals surface area contributed by atoms with Gasteiger partial charge in [-0.2, -0.15) is 0 Å². The fourth-order valence-electron chi connectivity index (χ4n) is 3.14. The molecule has 112 valence electrons. The van der Waals surface area contributed by atoms with Gasteiger partial charge in [-0.1, -0.05) is 31.2 Å². The minimum Gasteiger partial charge on any atom is -0.316 e. The second-order valence-electron chi connectivity index (χ2n) is 6.61. The molecule has 0 saturated carbocycles. The van der Waals surface area contributed by atoms with Crippen LogP contribution >= 0.6 is 0 Å². The monoisotopic (exact) mass is 274 g/mol. The summed E-state index contributed by atoms with van der Waals surface area (Å²) in [6.45, 7) is 11.6. The summed E-state index contributed by atoms with van der Waals surface area (Å²) in [5.41, 5.74) is 3.40. The Labute approximate surface area is 124 Å². The van der Waals surface area contributed by atoms with Crippen LogP contribution in [0, 0.1) is 0 Å². The fraction of sp³-hybridized carbons (Fsp3) is 0.667. The van der Waals surface area contributed by atoms with Crippen molar-refractivity contribution in [3.63, 3.8) is 0 Å². The molecule has 0 atom stereocenters. The molecule has 0 radical (unpaired) electrons. The summed E-state index contributed by atoms with van der Waals surface area (Å²) in [5, 5.41) is 3.51. The first-order chi connectivity index (χ1) is 9.63. The highest BCUT2D eigenvalue weighted by atomic mass is 15.2. The Morgan fingerprint density at radius 2 is 1.90 bits per heavy atom. The molecule has 20 heavy (non-hydrogen) atoms. The molecular weight excluding hydrogens is 244 g/mol. The molecular formula is C18H30N2. The van der Waals surface area contributed by atoms with Crippen LogP contribution in [0.15, 0.2) is 24.3 Å². The number of nitrogens with one attached hydrogen (secondary N) is 1. The highest BCUT2D eigenvalue weighted by Gasteiger charge is 2.31. The topological polar surface area (TPSA) is 15.3 Å². The molecule has 0 spiro atoms. The van der Waals surface area contributed by atoms with Crippen LogP contribution in [0.2, 0.25) is 0 Å². The van der Waals surface area contributed by atoms with E-state index < -0.39 is 0 Å². The van der Waals surface area contributed by atoms with Gasteiger partial charge in [-0.05, 0) is 70.3 Å². The minimum atomic E-state index is 0.369. The Morgan fingerprint density at radius 1 is 1.15 bits per heavy atom. The van der Waals surface area contributed by atoms with Gasteiger partial charge >= 0.3 is 0 Å². The molecule has 0 amide bonds. The van der Waals surface area contributed by atoms with E-state index in [1.807, 2.05) is 0 Å². The Balaban J connectivity index is 1.97. The van der Waals surface area contributed by atoms with Crippen LogP contribution in [-0.4, -0.2) is 30.1 Å². The smallest absolute Gasteiger partial charge is 0.0241 e. The SMILES string of the molecule is CCCNCCc1ccccc1CN1CCCC1(C)C. The predicted molar refractivity (Wildman–Crippen MR) is 87.0 cm³/mol. The fourth-order valence-corrected chi connectivity index (χ4v) is 3.14. The lowest BCUT2D eigenvalue weighted by atomic mass is 9.99. The van der Waals surface area contributed by atoms with E-state index in [-0.39, 0.29) is 0 Å². The van der Waals surface area contributed by atoms with E-state index in [0.29, 0.717) is 5.54 Å². The number of likely N-dealkylation sites (tertiary alicyclic amines) is 1. The first-order valence-electron chi connectivity index (χ1n) is 8.16. The van der Waals surface area contributed by atoms with Crippen molar-refractivity contribution in [3.8, 4) is 0 Å². The summed E-state index contributed by atoms with van der Waals surface area (Å²) >= 11 is 0. The van der Waals surface area contributed by atoms with E-state index >= 15 is 0 Å². The van der Waals surface area contributed by atoms with Crippen LogP contribution in [0.25, 0.3) is 0 Å². The van der Waals surface area contributed by atoms with Crippen molar-refractivity contribution in [1.29, 1.82) is 0 Å². The van der Waals surface area contributed by atoms with Gasteiger partial charge in [0.25, 0.3) is 0 Å². The van der Waals surface area contributed by atoms with E-state index in [9.17, 15) is 0 Å². The summed E-state index contributed by atoms with van der Waals surface area (Å²) in [6, 6.07) is 8.96. The molecule has 2 rings (SSSR count).